The molecule has 0 heterocycles. The molecule has 0 aromatic rings. The summed E-state index contributed by atoms with van der Waals surface area (Å²) in [7, 11) is 0. The standard InChI is InChI=1S/C18F33N/c19-2(5(23,24)8(29,30)11(35,36)13(39,40)10(33,34)7(27,28)4(21,22)1-52)3(20)6(25,26)9(31,32)12(37,38)14(41,42)15(43,44)16(45,46)17(47,48)18(49,50)51/b3-2-. The maximum absolute atomic E-state index is 13.7. The summed E-state index contributed by atoms with van der Waals surface area (Å²) in [5.41, 5.74) is 0. The molecule has 0 aliphatic carbocycles. The Morgan fingerprint density at radius 2 is 0.442 bits per heavy atom. The number of nitrogens with zero attached hydrogens (tertiary/aromatic N) is 1. The van der Waals surface area contributed by atoms with E-state index < -0.39 is 107 Å². The first kappa shape index (κ1) is 48.9. The second-order valence-corrected chi connectivity index (χ2v) is 9.28. The van der Waals surface area contributed by atoms with Crippen molar-refractivity contribution >= 4 is 0 Å². The zero-order chi connectivity index (χ0) is 43.4. The van der Waals surface area contributed by atoms with Crippen LogP contribution in [0.2, 0.25) is 0 Å². The summed E-state index contributed by atoms with van der Waals surface area (Å²) in [5, 5.41) is 7.58. The second kappa shape index (κ2) is 12.0. The lowest BCUT2D eigenvalue weighted by atomic mass is 9.87. The van der Waals surface area contributed by atoms with Gasteiger partial charge in [-0.2, -0.15) is 141 Å². The van der Waals surface area contributed by atoms with Gasteiger partial charge in [0, 0.05) is 0 Å². The van der Waals surface area contributed by atoms with Gasteiger partial charge in [-0.15, -0.1) is 0 Å². The minimum atomic E-state index is -9.75. The lowest BCUT2D eigenvalue weighted by Gasteiger charge is -2.43. The van der Waals surface area contributed by atoms with Crippen molar-refractivity contribution in [2.45, 2.75) is 89.1 Å². The lowest BCUT2D eigenvalue weighted by Crippen LogP contribution is -2.74. The first-order chi connectivity index (χ1) is 21.9. The van der Waals surface area contributed by atoms with Crippen LogP contribution in [-0.4, -0.2) is 89.1 Å². The van der Waals surface area contributed by atoms with Crippen LogP contribution in [0.25, 0.3) is 0 Å². The third kappa shape index (κ3) is 5.60. The lowest BCUT2D eigenvalue weighted by molar-refractivity contribution is -0.460. The van der Waals surface area contributed by atoms with Gasteiger partial charge in [0.25, 0.3) is 0 Å². The van der Waals surface area contributed by atoms with Gasteiger partial charge >= 0.3 is 89.1 Å². The van der Waals surface area contributed by atoms with Crippen molar-refractivity contribution in [1.29, 1.82) is 5.26 Å². The first-order valence-electron chi connectivity index (χ1n) is 10.7. The number of hydrogen-bond acceptors (Lipinski definition) is 1. The van der Waals surface area contributed by atoms with Gasteiger partial charge in [0.05, 0.1) is 0 Å². The zero-order valence-corrected chi connectivity index (χ0v) is 21.9. The normalized spacial score (nSPS) is 17.2. The Balaban J connectivity index is 7.69. The van der Waals surface area contributed by atoms with Gasteiger partial charge < -0.3 is 0 Å². The molecule has 0 aliphatic rings. The molecule has 0 amide bonds. The highest BCUT2D eigenvalue weighted by molar-refractivity contribution is 5.28. The summed E-state index contributed by atoms with van der Waals surface area (Å²) in [4.78, 5) is 0. The van der Waals surface area contributed by atoms with Crippen LogP contribution in [0.3, 0.4) is 0 Å². The minimum Gasteiger partial charge on any atom is -0.202 e. The number of allylic oxidation sites excluding steroid dienone is 2. The quantitative estimate of drug-likeness (QED) is 0.160. The minimum absolute atomic E-state index is 1.34. The van der Waals surface area contributed by atoms with E-state index in [0.29, 0.717) is 0 Å². The molecule has 0 unspecified atom stereocenters. The Morgan fingerprint density at radius 3 is 0.635 bits per heavy atom. The fourth-order valence-electron chi connectivity index (χ4n) is 2.77. The van der Waals surface area contributed by atoms with Crippen LogP contribution in [0, 0.1) is 11.3 Å². The highest BCUT2D eigenvalue weighted by Crippen LogP contribution is 2.67. The van der Waals surface area contributed by atoms with E-state index in [0.717, 1.165) is 0 Å². The summed E-state index contributed by atoms with van der Waals surface area (Å²) in [6, 6.07) is -1.34. The van der Waals surface area contributed by atoms with Crippen molar-refractivity contribution in [3.8, 4) is 6.07 Å². The number of rotatable bonds is 14. The fraction of sp³-hybridized carbons (Fsp3) is 0.833. The van der Waals surface area contributed by atoms with Gasteiger partial charge in [-0.3, -0.25) is 0 Å². The van der Waals surface area contributed by atoms with Gasteiger partial charge in [-0.25, -0.2) is 8.78 Å². The highest BCUT2D eigenvalue weighted by Gasteiger charge is 2.97. The Bertz CT molecular complexity index is 1410. The smallest absolute Gasteiger partial charge is 0.202 e. The van der Waals surface area contributed by atoms with Crippen molar-refractivity contribution in [2.75, 3.05) is 0 Å². The zero-order valence-electron chi connectivity index (χ0n) is 21.9. The summed E-state index contributed by atoms with van der Waals surface area (Å²) < 4.78 is 438. The van der Waals surface area contributed by atoms with E-state index in [-0.39, 0.29) is 0 Å². The molecule has 0 saturated carbocycles. The largest absolute Gasteiger partial charge is 0.460 e. The molecule has 0 aliphatic heterocycles. The molecule has 0 spiro atoms. The Morgan fingerprint density at radius 1 is 0.269 bits per heavy atom. The molecule has 0 fully saturated rings. The van der Waals surface area contributed by atoms with Crippen LogP contribution in [0.4, 0.5) is 145 Å². The predicted octanol–water partition coefficient (Wildman–Crippen LogP) is 11.1. The van der Waals surface area contributed by atoms with Gasteiger partial charge in [0.1, 0.15) is 6.07 Å². The fourth-order valence-corrected chi connectivity index (χ4v) is 2.77. The molecule has 34 heteroatoms. The monoisotopic (exact) mass is 857 g/mol. The van der Waals surface area contributed by atoms with Gasteiger partial charge in [-0.1, -0.05) is 0 Å². The average molecular weight is 857 g/mol. The molecule has 0 aromatic carbocycles. The molecule has 52 heavy (non-hydrogen) atoms. The summed E-state index contributed by atoms with van der Waals surface area (Å²) >= 11 is 0. The molecule has 0 N–H and O–H groups in total. The van der Waals surface area contributed by atoms with Crippen molar-refractivity contribution in [2.24, 2.45) is 0 Å². The van der Waals surface area contributed by atoms with Crippen LogP contribution in [0.1, 0.15) is 0 Å². The Kier molecular flexibility index (Phi) is 11.3. The van der Waals surface area contributed by atoms with Crippen molar-refractivity contribution in [3.05, 3.63) is 11.7 Å². The topological polar surface area (TPSA) is 23.8 Å². The van der Waals surface area contributed by atoms with Crippen molar-refractivity contribution < 1.29 is 145 Å². The Labute approximate surface area is 258 Å². The Hall–Kier alpha value is -3.08. The average Bonchev–Trinajstić information content (AvgIpc) is 2.94. The third-order valence-electron chi connectivity index (χ3n) is 5.97. The SMILES string of the molecule is N#CC(F)(F)C(F)(F)C(F)(F)C(F)(F)C(F)(F)C(F)(F)C(F)(F)/C(F)=C(/F)C(F)(F)C(F)(F)C(F)(F)C(F)(F)C(F)(F)C(F)(F)C(F)(F)C(F)(F)F. The number of nitriles is 1. The van der Waals surface area contributed by atoms with Crippen LogP contribution >= 0.6 is 0 Å². The second-order valence-electron chi connectivity index (χ2n) is 9.28. The highest BCUT2D eigenvalue weighted by atomic mass is 19.4. The first-order valence-corrected chi connectivity index (χ1v) is 10.7. The summed E-state index contributed by atoms with van der Waals surface area (Å²) in [6.07, 6.45) is -8.32. The summed E-state index contributed by atoms with van der Waals surface area (Å²) in [6.45, 7) is 0. The molecule has 0 saturated heterocycles. The maximum Gasteiger partial charge on any atom is 0.460 e. The van der Waals surface area contributed by atoms with E-state index in [9.17, 15) is 145 Å². The molecule has 0 atom stereocenters. The molecular formula is C18F33N. The van der Waals surface area contributed by atoms with Crippen LogP contribution < -0.4 is 0 Å². The van der Waals surface area contributed by atoms with E-state index >= 15 is 0 Å². The van der Waals surface area contributed by atoms with Crippen molar-refractivity contribution in [1.82, 2.24) is 0 Å². The molecule has 0 rings (SSSR count). The molecule has 0 radical (unpaired) electrons. The third-order valence-corrected chi connectivity index (χ3v) is 5.97. The van der Waals surface area contributed by atoms with Crippen LogP contribution in [0.5, 0.6) is 0 Å². The van der Waals surface area contributed by atoms with E-state index in [2.05, 4.69) is 0 Å². The van der Waals surface area contributed by atoms with Crippen molar-refractivity contribution in [3.63, 3.8) is 0 Å². The predicted molar refractivity (Wildman–Crippen MR) is 90.2 cm³/mol. The van der Waals surface area contributed by atoms with E-state index in [4.69, 9.17) is 5.26 Å². The number of alkyl halides is 31. The van der Waals surface area contributed by atoms with E-state index in [1.165, 1.54) is 0 Å². The molecule has 0 bridgehead atoms. The van der Waals surface area contributed by atoms with E-state index in [1.807, 2.05) is 0 Å². The van der Waals surface area contributed by atoms with Gasteiger partial charge in [0.2, 0.25) is 11.7 Å². The van der Waals surface area contributed by atoms with Gasteiger partial charge in [-0.05, 0) is 0 Å². The number of hydrogen-bond donors (Lipinski definition) is 0. The molecule has 0 aromatic heterocycles. The summed E-state index contributed by atoms with van der Waals surface area (Å²) in [5.74, 6) is -142. The molecule has 1 nitrogen and oxygen atoms in total. The molecule has 308 valence electrons. The van der Waals surface area contributed by atoms with Crippen LogP contribution in [0.15, 0.2) is 11.7 Å². The van der Waals surface area contributed by atoms with Crippen LogP contribution in [-0.2, 0) is 0 Å². The maximum atomic E-state index is 13.7. The number of halogens is 33. The van der Waals surface area contributed by atoms with Gasteiger partial charge in [0.15, 0.2) is 0 Å². The van der Waals surface area contributed by atoms with E-state index in [1.54, 1.807) is 0 Å². The molecular weight excluding hydrogens is 857 g/mol.